The highest BCUT2D eigenvalue weighted by Gasteiger charge is 2.11. The third kappa shape index (κ3) is 2.10. The van der Waals surface area contributed by atoms with Gasteiger partial charge >= 0.3 is 0 Å². The Balaban J connectivity index is 2.09. The Morgan fingerprint density at radius 3 is 3.19 bits per heavy atom. The monoisotopic (exact) mass is 217 g/mol. The van der Waals surface area contributed by atoms with Gasteiger partial charge in [-0.1, -0.05) is 11.1 Å². The Hall–Kier alpha value is -2.13. The highest BCUT2D eigenvalue weighted by Crippen LogP contribution is 2.11. The molecule has 0 spiro atoms. The summed E-state index contributed by atoms with van der Waals surface area (Å²) in [4.78, 5) is 8.31. The van der Waals surface area contributed by atoms with Gasteiger partial charge in [-0.05, 0) is 0 Å². The van der Waals surface area contributed by atoms with Crippen LogP contribution in [0, 0.1) is 12.3 Å². The van der Waals surface area contributed by atoms with Gasteiger partial charge in [-0.3, -0.25) is 5.32 Å². The average Bonchev–Trinajstić information content (AvgIpc) is 2.87. The molecule has 6 nitrogen and oxygen atoms in total. The van der Waals surface area contributed by atoms with E-state index in [0.717, 1.165) is 0 Å². The Labute approximate surface area is 92.7 Å². The minimum atomic E-state index is 0.460. The molecule has 0 bridgehead atoms. The molecule has 0 saturated carbocycles. The van der Waals surface area contributed by atoms with Crippen molar-refractivity contribution in [1.82, 2.24) is 25.0 Å². The molecule has 2 rings (SSSR count). The fourth-order valence-electron chi connectivity index (χ4n) is 1.24. The Morgan fingerprint density at radius 2 is 2.50 bits per heavy atom. The van der Waals surface area contributed by atoms with Gasteiger partial charge in [0.1, 0.15) is 0 Å². The van der Waals surface area contributed by atoms with Gasteiger partial charge in [0.2, 0.25) is 11.7 Å². The van der Waals surface area contributed by atoms with Gasteiger partial charge in [0.15, 0.2) is 5.82 Å². The number of rotatable bonds is 4. The molecule has 0 atom stereocenters. The maximum absolute atomic E-state index is 5.10. The van der Waals surface area contributed by atoms with E-state index in [1.54, 1.807) is 6.20 Å². The molecular weight excluding hydrogens is 206 g/mol. The standard InChI is InChI=1S/C10H11N5O/c1-3-4-11-7-8-13-9(14-16-8)10-12-5-6-15(10)2/h1,5-6,11H,4,7H2,2H3. The van der Waals surface area contributed by atoms with E-state index < -0.39 is 0 Å². The number of terminal acetylenes is 1. The van der Waals surface area contributed by atoms with Crippen molar-refractivity contribution in [3.8, 4) is 24.0 Å². The summed E-state index contributed by atoms with van der Waals surface area (Å²) in [5.74, 6) is 4.11. The van der Waals surface area contributed by atoms with Crippen molar-refractivity contribution in [2.75, 3.05) is 6.54 Å². The van der Waals surface area contributed by atoms with Crippen molar-refractivity contribution in [2.45, 2.75) is 6.54 Å². The molecule has 16 heavy (non-hydrogen) atoms. The molecule has 0 radical (unpaired) electrons. The van der Waals surface area contributed by atoms with Crippen LogP contribution in [-0.2, 0) is 13.6 Å². The first kappa shape index (κ1) is 10.4. The number of aromatic nitrogens is 4. The molecule has 1 N–H and O–H groups in total. The Kier molecular flexibility index (Phi) is 2.98. The molecule has 2 aromatic heterocycles. The fourth-order valence-corrected chi connectivity index (χ4v) is 1.24. The quantitative estimate of drug-likeness (QED) is 0.585. The second kappa shape index (κ2) is 4.59. The van der Waals surface area contributed by atoms with Gasteiger partial charge in [-0.15, -0.1) is 6.42 Å². The van der Waals surface area contributed by atoms with Crippen LogP contribution in [0.1, 0.15) is 5.89 Å². The molecule has 0 aromatic carbocycles. The lowest BCUT2D eigenvalue weighted by atomic mass is 10.5. The van der Waals surface area contributed by atoms with Gasteiger partial charge in [-0.25, -0.2) is 4.98 Å². The van der Waals surface area contributed by atoms with Gasteiger partial charge in [-0.2, -0.15) is 4.98 Å². The predicted octanol–water partition coefficient (Wildman–Crippen LogP) is 0.193. The lowest BCUT2D eigenvalue weighted by molar-refractivity contribution is 0.370. The lowest BCUT2D eigenvalue weighted by Crippen LogP contribution is -2.13. The summed E-state index contributed by atoms with van der Waals surface area (Å²) in [5.41, 5.74) is 0. The number of hydrogen-bond donors (Lipinski definition) is 1. The minimum absolute atomic E-state index is 0.460. The molecule has 0 amide bonds. The van der Waals surface area contributed by atoms with Gasteiger partial charge in [0.05, 0.1) is 13.1 Å². The second-order valence-corrected chi connectivity index (χ2v) is 3.18. The largest absolute Gasteiger partial charge is 0.337 e. The molecule has 0 aliphatic rings. The van der Waals surface area contributed by atoms with E-state index in [4.69, 9.17) is 10.9 Å². The maximum Gasteiger partial charge on any atom is 0.241 e. The Bertz CT molecular complexity index is 507. The lowest BCUT2D eigenvalue weighted by Gasteiger charge is -1.93. The summed E-state index contributed by atoms with van der Waals surface area (Å²) in [6.07, 6.45) is 8.61. The van der Waals surface area contributed by atoms with E-state index in [0.29, 0.717) is 30.6 Å². The highest BCUT2D eigenvalue weighted by atomic mass is 16.5. The van der Waals surface area contributed by atoms with Crippen LogP contribution in [0.5, 0.6) is 0 Å². The van der Waals surface area contributed by atoms with Crippen LogP contribution >= 0.6 is 0 Å². The summed E-state index contributed by atoms with van der Waals surface area (Å²) in [5, 5.41) is 6.80. The van der Waals surface area contributed by atoms with Crippen LogP contribution in [0.4, 0.5) is 0 Å². The van der Waals surface area contributed by atoms with Crippen LogP contribution in [0.3, 0.4) is 0 Å². The summed E-state index contributed by atoms with van der Waals surface area (Å²) < 4.78 is 6.87. The normalized spacial score (nSPS) is 10.2. The summed E-state index contributed by atoms with van der Waals surface area (Å²) in [6.45, 7) is 0.932. The smallest absolute Gasteiger partial charge is 0.241 e. The van der Waals surface area contributed by atoms with Crippen LogP contribution in [-0.4, -0.2) is 26.2 Å². The highest BCUT2D eigenvalue weighted by molar-refractivity contribution is 5.42. The second-order valence-electron chi connectivity index (χ2n) is 3.18. The van der Waals surface area contributed by atoms with Crippen molar-refractivity contribution in [2.24, 2.45) is 7.05 Å². The van der Waals surface area contributed by atoms with E-state index in [9.17, 15) is 0 Å². The molecule has 0 saturated heterocycles. The molecule has 0 aliphatic heterocycles. The predicted molar refractivity (Wildman–Crippen MR) is 57.0 cm³/mol. The zero-order valence-electron chi connectivity index (χ0n) is 8.84. The summed E-state index contributed by atoms with van der Waals surface area (Å²) in [6, 6.07) is 0. The van der Waals surface area contributed by atoms with E-state index >= 15 is 0 Å². The number of aryl methyl sites for hydroxylation is 1. The average molecular weight is 217 g/mol. The summed E-state index contributed by atoms with van der Waals surface area (Å²) >= 11 is 0. The van der Waals surface area contributed by atoms with Crippen molar-refractivity contribution >= 4 is 0 Å². The molecule has 0 unspecified atom stereocenters. The molecule has 0 aliphatic carbocycles. The van der Waals surface area contributed by atoms with Gasteiger partial charge in [0, 0.05) is 19.4 Å². The van der Waals surface area contributed by atoms with Crippen molar-refractivity contribution in [1.29, 1.82) is 0 Å². The van der Waals surface area contributed by atoms with Crippen LogP contribution < -0.4 is 5.32 Å². The zero-order chi connectivity index (χ0) is 11.4. The van der Waals surface area contributed by atoms with Crippen molar-refractivity contribution < 1.29 is 4.52 Å². The number of imidazole rings is 1. The first-order valence-electron chi connectivity index (χ1n) is 4.75. The van der Waals surface area contributed by atoms with Crippen molar-refractivity contribution in [3.63, 3.8) is 0 Å². The number of nitrogens with one attached hydrogen (secondary N) is 1. The molecule has 82 valence electrons. The molecule has 2 heterocycles. The summed E-state index contributed by atoms with van der Waals surface area (Å²) in [7, 11) is 1.87. The zero-order valence-corrected chi connectivity index (χ0v) is 8.84. The first-order valence-corrected chi connectivity index (χ1v) is 4.75. The maximum atomic E-state index is 5.10. The van der Waals surface area contributed by atoms with E-state index in [1.807, 2.05) is 17.8 Å². The van der Waals surface area contributed by atoms with E-state index in [2.05, 4.69) is 26.4 Å². The van der Waals surface area contributed by atoms with Crippen molar-refractivity contribution in [3.05, 3.63) is 18.3 Å². The van der Waals surface area contributed by atoms with Gasteiger partial charge in [0.25, 0.3) is 0 Å². The molecule has 0 fully saturated rings. The minimum Gasteiger partial charge on any atom is -0.337 e. The SMILES string of the molecule is C#CCNCc1nc(-c2nccn2C)no1. The number of nitrogens with zero attached hydrogens (tertiary/aromatic N) is 4. The molecule has 2 aromatic rings. The first-order chi connectivity index (χ1) is 7.81. The third-order valence-corrected chi connectivity index (χ3v) is 1.99. The van der Waals surface area contributed by atoms with E-state index in [1.165, 1.54) is 0 Å². The topological polar surface area (TPSA) is 68.8 Å². The van der Waals surface area contributed by atoms with Crippen LogP contribution in [0.15, 0.2) is 16.9 Å². The fraction of sp³-hybridized carbons (Fsp3) is 0.300. The Morgan fingerprint density at radius 1 is 1.62 bits per heavy atom. The molecule has 6 heteroatoms. The third-order valence-electron chi connectivity index (χ3n) is 1.99. The molecular formula is C10H11N5O. The van der Waals surface area contributed by atoms with Crippen LogP contribution in [0.2, 0.25) is 0 Å². The van der Waals surface area contributed by atoms with E-state index in [-0.39, 0.29) is 0 Å². The van der Waals surface area contributed by atoms with Gasteiger partial charge < -0.3 is 9.09 Å². The van der Waals surface area contributed by atoms with Crippen LogP contribution in [0.25, 0.3) is 11.6 Å². The number of hydrogen-bond acceptors (Lipinski definition) is 5.